The van der Waals surface area contributed by atoms with E-state index in [-0.39, 0.29) is 12.2 Å². The summed E-state index contributed by atoms with van der Waals surface area (Å²) in [6.45, 7) is 4.64. The van der Waals surface area contributed by atoms with Gasteiger partial charge in [0.25, 0.3) is 5.56 Å². The van der Waals surface area contributed by atoms with Gasteiger partial charge in [0.2, 0.25) is 0 Å². The Bertz CT molecular complexity index is 2390. The number of carbonyl (C=O) groups excluding carboxylic acids is 1. The summed E-state index contributed by atoms with van der Waals surface area (Å²) in [7, 11) is 0. The molecule has 0 spiro atoms. The van der Waals surface area contributed by atoms with Gasteiger partial charge in [-0.3, -0.25) is 9.36 Å². The highest BCUT2D eigenvalue weighted by atomic mass is 35.5. The van der Waals surface area contributed by atoms with Crippen molar-refractivity contribution < 1.29 is 9.53 Å². The second-order valence-corrected chi connectivity index (χ2v) is 13.7. The van der Waals surface area contributed by atoms with Gasteiger partial charge in [-0.15, -0.1) is 11.8 Å². The Kier molecular flexibility index (Phi) is 8.96. The zero-order valence-electron chi connectivity index (χ0n) is 26.6. The summed E-state index contributed by atoms with van der Waals surface area (Å²) in [6.07, 6.45) is 3.98. The van der Waals surface area contributed by atoms with E-state index in [0.717, 1.165) is 43.7 Å². The van der Waals surface area contributed by atoms with Gasteiger partial charge in [-0.05, 0) is 61.6 Å². The first kappa shape index (κ1) is 31.9. The molecule has 0 saturated carbocycles. The van der Waals surface area contributed by atoms with Crippen LogP contribution in [0.4, 0.5) is 0 Å². The van der Waals surface area contributed by atoms with E-state index in [2.05, 4.69) is 23.6 Å². The number of aromatic nitrogens is 2. The minimum atomic E-state index is -0.726. The Morgan fingerprint density at radius 2 is 1.69 bits per heavy atom. The standard InChI is InChI=1S/C39H32ClN3O3S2/c1-4-46-38(45)34-35(25-12-6-5-7-13-25)41-39-43(36(34)26-18-20-28(47-3)21-19-26)37(44)33(48-39)22-30-24(2)42(32-17-11-9-15-29(30)32)23-27-14-8-10-16-31(27)40/h5-22,36H,4,23H2,1-3H3/b33-22-. The largest absolute Gasteiger partial charge is 0.463 e. The predicted octanol–water partition coefficient (Wildman–Crippen LogP) is 7.62. The lowest BCUT2D eigenvalue weighted by Gasteiger charge is -2.26. The molecule has 0 aliphatic carbocycles. The van der Waals surface area contributed by atoms with Gasteiger partial charge >= 0.3 is 5.97 Å². The highest BCUT2D eigenvalue weighted by molar-refractivity contribution is 7.98. The number of hydrogen-bond acceptors (Lipinski definition) is 6. The number of nitrogens with zero attached hydrogens (tertiary/aromatic N) is 3. The maximum atomic E-state index is 14.6. The third-order valence-corrected chi connectivity index (χ3v) is 10.7. The van der Waals surface area contributed by atoms with Crippen molar-refractivity contribution >= 4 is 63.3 Å². The van der Waals surface area contributed by atoms with E-state index in [4.69, 9.17) is 21.3 Å². The van der Waals surface area contributed by atoms with Gasteiger partial charge in [-0.25, -0.2) is 9.79 Å². The zero-order chi connectivity index (χ0) is 33.4. The fraction of sp³-hybridized carbons (Fsp3) is 0.154. The molecule has 1 aliphatic rings. The number of esters is 1. The molecule has 9 heteroatoms. The monoisotopic (exact) mass is 689 g/mol. The molecular weight excluding hydrogens is 658 g/mol. The first-order valence-electron chi connectivity index (χ1n) is 15.6. The zero-order valence-corrected chi connectivity index (χ0v) is 29.0. The predicted molar refractivity (Wildman–Crippen MR) is 197 cm³/mol. The SMILES string of the molecule is CCOC(=O)C1=C(c2ccccc2)N=c2s/c(=C\c3c(C)n(Cc4ccccc4Cl)c4ccccc34)c(=O)n2C1c1ccc(SC)cc1. The van der Waals surface area contributed by atoms with Crippen molar-refractivity contribution in [1.82, 2.24) is 9.13 Å². The van der Waals surface area contributed by atoms with Crippen LogP contribution in [0.15, 0.2) is 123 Å². The van der Waals surface area contributed by atoms with E-state index in [1.165, 1.54) is 11.3 Å². The summed E-state index contributed by atoms with van der Waals surface area (Å²) >= 11 is 9.53. The van der Waals surface area contributed by atoms with Crippen molar-refractivity contribution in [2.45, 2.75) is 31.3 Å². The molecule has 1 unspecified atom stereocenters. The highest BCUT2D eigenvalue weighted by Crippen LogP contribution is 2.36. The van der Waals surface area contributed by atoms with Crippen LogP contribution in [0, 0.1) is 6.92 Å². The summed E-state index contributed by atoms with van der Waals surface area (Å²) in [5.74, 6) is -0.494. The minimum Gasteiger partial charge on any atom is -0.463 e. The van der Waals surface area contributed by atoms with Crippen LogP contribution in [0.1, 0.15) is 40.9 Å². The van der Waals surface area contributed by atoms with E-state index in [9.17, 15) is 9.59 Å². The van der Waals surface area contributed by atoms with E-state index in [1.54, 1.807) is 23.3 Å². The quantitative estimate of drug-likeness (QED) is 0.122. The van der Waals surface area contributed by atoms with E-state index < -0.39 is 12.0 Å². The van der Waals surface area contributed by atoms with E-state index in [0.29, 0.717) is 32.2 Å². The second-order valence-electron chi connectivity index (χ2n) is 11.4. The van der Waals surface area contributed by atoms with E-state index >= 15 is 0 Å². The number of rotatable bonds is 8. The smallest absolute Gasteiger partial charge is 0.338 e. The van der Waals surface area contributed by atoms with Gasteiger partial charge in [0.05, 0.1) is 28.5 Å². The van der Waals surface area contributed by atoms with Gasteiger partial charge in [-0.2, -0.15) is 0 Å². The molecule has 0 fully saturated rings. The van der Waals surface area contributed by atoms with Crippen molar-refractivity contribution in [1.29, 1.82) is 0 Å². The van der Waals surface area contributed by atoms with Gasteiger partial charge in [0, 0.05) is 44.2 Å². The molecule has 1 aliphatic heterocycles. The van der Waals surface area contributed by atoms with Crippen LogP contribution in [-0.4, -0.2) is 28.0 Å². The fourth-order valence-electron chi connectivity index (χ4n) is 6.31. The molecule has 0 bridgehead atoms. The number of ether oxygens (including phenoxy) is 1. The van der Waals surface area contributed by atoms with Crippen LogP contribution >= 0.6 is 34.7 Å². The Balaban J connectivity index is 1.47. The first-order chi connectivity index (χ1) is 23.4. The molecule has 7 rings (SSSR count). The number of benzene rings is 4. The van der Waals surface area contributed by atoms with Crippen LogP contribution in [0.5, 0.6) is 0 Å². The second kappa shape index (κ2) is 13.5. The molecule has 4 aromatic carbocycles. The van der Waals surface area contributed by atoms with Crippen molar-refractivity contribution in [3.63, 3.8) is 0 Å². The molecule has 6 nitrogen and oxygen atoms in total. The van der Waals surface area contributed by atoms with Crippen LogP contribution in [0.25, 0.3) is 22.7 Å². The van der Waals surface area contributed by atoms with Gasteiger partial charge < -0.3 is 9.30 Å². The highest BCUT2D eigenvalue weighted by Gasteiger charge is 2.35. The summed E-state index contributed by atoms with van der Waals surface area (Å²) in [5, 5.41) is 1.75. The molecule has 0 N–H and O–H groups in total. The van der Waals surface area contributed by atoms with Crippen molar-refractivity contribution in [3.05, 3.63) is 161 Å². The number of carbonyl (C=O) groups is 1. The molecule has 240 valence electrons. The van der Waals surface area contributed by atoms with Crippen molar-refractivity contribution in [2.24, 2.45) is 4.99 Å². The summed E-state index contributed by atoms with van der Waals surface area (Å²) < 4.78 is 10.0. The molecule has 1 atom stereocenters. The lowest BCUT2D eigenvalue weighted by Crippen LogP contribution is -2.40. The minimum absolute atomic E-state index is 0.199. The molecule has 2 aromatic heterocycles. The normalized spacial score (nSPS) is 14.7. The Labute approximate surface area is 291 Å². The van der Waals surface area contributed by atoms with E-state index in [1.807, 2.05) is 103 Å². The van der Waals surface area contributed by atoms with Crippen LogP contribution < -0.4 is 14.9 Å². The summed E-state index contributed by atoms with van der Waals surface area (Å²) in [5.41, 5.74) is 6.26. The number of thioether (sulfide) groups is 1. The van der Waals surface area contributed by atoms with Crippen LogP contribution in [0.3, 0.4) is 0 Å². The molecule has 0 saturated heterocycles. The van der Waals surface area contributed by atoms with Crippen molar-refractivity contribution in [3.8, 4) is 0 Å². The number of halogens is 1. The average molecular weight is 690 g/mol. The maximum absolute atomic E-state index is 14.6. The third-order valence-electron chi connectivity index (χ3n) is 8.65. The maximum Gasteiger partial charge on any atom is 0.338 e. The number of fused-ring (bicyclic) bond motifs is 2. The molecule has 48 heavy (non-hydrogen) atoms. The molecule has 6 aromatic rings. The topological polar surface area (TPSA) is 65.6 Å². The van der Waals surface area contributed by atoms with Crippen LogP contribution in [0.2, 0.25) is 5.02 Å². The Hall–Kier alpha value is -4.63. The summed E-state index contributed by atoms with van der Waals surface area (Å²) in [6, 6.07) is 32.9. The fourth-order valence-corrected chi connectivity index (χ4v) is 7.90. The number of hydrogen-bond donors (Lipinski definition) is 0. The van der Waals surface area contributed by atoms with Gasteiger partial charge in [0.1, 0.15) is 0 Å². The lowest BCUT2D eigenvalue weighted by molar-refractivity contribution is -0.138. The summed E-state index contributed by atoms with van der Waals surface area (Å²) in [4.78, 5) is 35.0. The lowest BCUT2D eigenvalue weighted by atomic mass is 9.93. The van der Waals surface area contributed by atoms with Gasteiger partial charge in [0.15, 0.2) is 4.80 Å². The first-order valence-corrected chi connectivity index (χ1v) is 18.0. The molecule has 0 amide bonds. The van der Waals surface area contributed by atoms with Crippen LogP contribution in [-0.2, 0) is 16.1 Å². The average Bonchev–Trinajstić information content (AvgIpc) is 3.57. The Morgan fingerprint density at radius 3 is 2.42 bits per heavy atom. The Morgan fingerprint density at radius 1 is 0.979 bits per heavy atom. The third kappa shape index (κ3) is 5.74. The van der Waals surface area contributed by atoms with Gasteiger partial charge in [-0.1, -0.05) is 102 Å². The van der Waals surface area contributed by atoms with Crippen molar-refractivity contribution in [2.75, 3.05) is 12.9 Å². The number of para-hydroxylation sites is 1. The molecule has 3 heterocycles. The number of thiazole rings is 1. The molecular formula is C39H32ClN3O3S2. The molecule has 0 radical (unpaired) electrons.